The predicted molar refractivity (Wildman–Crippen MR) is 85.9 cm³/mol. The van der Waals surface area contributed by atoms with Gasteiger partial charge in [0.05, 0.1) is 5.60 Å². The molecule has 0 N–H and O–H groups in total. The van der Waals surface area contributed by atoms with Crippen LogP contribution >= 0.6 is 22.6 Å². The third-order valence-corrected chi connectivity index (χ3v) is 3.55. The molecule has 0 aliphatic heterocycles. The lowest BCUT2D eigenvalue weighted by molar-refractivity contribution is 0.0109. The van der Waals surface area contributed by atoms with Crippen molar-refractivity contribution < 1.29 is 4.74 Å². The Morgan fingerprint density at radius 2 is 2.06 bits per heavy atom. The first-order valence-electron chi connectivity index (χ1n) is 6.35. The minimum absolute atomic E-state index is 0.0228. The van der Waals surface area contributed by atoms with Crippen LogP contribution in [0.1, 0.15) is 47.0 Å². The maximum absolute atomic E-state index is 5.43. The van der Waals surface area contributed by atoms with E-state index >= 15 is 0 Å². The van der Waals surface area contributed by atoms with Crippen LogP contribution < -0.4 is 0 Å². The van der Waals surface area contributed by atoms with E-state index in [-0.39, 0.29) is 5.60 Å². The summed E-state index contributed by atoms with van der Waals surface area (Å²) in [5, 5.41) is 0. The lowest BCUT2D eigenvalue weighted by Crippen LogP contribution is -2.22. The second-order valence-corrected chi connectivity index (χ2v) is 6.23. The molecule has 0 saturated heterocycles. The summed E-state index contributed by atoms with van der Waals surface area (Å²) < 4.78 is 6.52. The van der Waals surface area contributed by atoms with Crippen LogP contribution in [-0.4, -0.2) is 17.1 Å². The quantitative estimate of drug-likeness (QED) is 0.334. The number of allylic oxidation sites excluding steroid dienone is 4. The van der Waals surface area contributed by atoms with Crippen LogP contribution in [0.2, 0.25) is 0 Å². The Morgan fingerprint density at radius 3 is 2.59 bits per heavy atom. The van der Waals surface area contributed by atoms with Gasteiger partial charge in [0, 0.05) is 11.5 Å². The van der Waals surface area contributed by atoms with E-state index in [1.165, 1.54) is 12.0 Å². The molecule has 0 radical (unpaired) electrons. The van der Waals surface area contributed by atoms with E-state index in [9.17, 15) is 0 Å². The number of hydrogen-bond donors (Lipinski definition) is 0. The molecule has 0 heterocycles. The van der Waals surface area contributed by atoms with Crippen molar-refractivity contribution in [2.24, 2.45) is 5.92 Å². The second kappa shape index (κ2) is 9.15. The summed E-state index contributed by atoms with van der Waals surface area (Å²) in [4.78, 5) is 0. The number of halogens is 1. The number of hydrogen-bond acceptors (Lipinski definition) is 1. The average Bonchev–Trinajstić information content (AvgIpc) is 2.27. The molecule has 1 nitrogen and oxygen atoms in total. The molecule has 0 amide bonds. The molecular formula is C15H27IO. The molecule has 2 heteroatoms. The van der Waals surface area contributed by atoms with Crippen LogP contribution in [0.5, 0.6) is 0 Å². The molecule has 1 unspecified atom stereocenters. The Kier molecular flexibility index (Phi) is 9.24. The molecule has 0 aromatic carbocycles. The fourth-order valence-electron chi connectivity index (χ4n) is 1.49. The van der Waals surface area contributed by atoms with Crippen LogP contribution in [0.3, 0.4) is 0 Å². The van der Waals surface area contributed by atoms with E-state index < -0.39 is 0 Å². The SMILES string of the molecule is COC(C)(C)CCC(C)C/C=C/C(C)=C/CI. The van der Waals surface area contributed by atoms with Gasteiger partial charge in [0.1, 0.15) is 0 Å². The van der Waals surface area contributed by atoms with Gasteiger partial charge in [0.15, 0.2) is 0 Å². The second-order valence-electron chi connectivity index (χ2n) is 5.35. The van der Waals surface area contributed by atoms with Crippen LogP contribution in [0.25, 0.3) is 0 Å². The van der Waals surface area contributed by atoms with E-state index in [2.05, 4.69) is 68.5 Å². The van der Waals surface area contributed by atoms with Gasteiger partial charge < -0.3 is 4.74 Å². The third-order valence-electron chi connectivity index (χ3n) is 3.11. The van der Waals surface area contributed by atoms with Gasteiger partial charge in [0.2, 0.25) is 0 Å². The van der Waals surface area contributed by atoms with Gasteiger partial charge in [-0.1, -0.05) is 53.3 Å². The first kappa shape index (κ1) is 17.2. The standard InChI is InChI=1S/C15H27IO/c1-13(9-11-15(3,4)17-5)7-6-8-14(2)10-12-16/h6,8,10,13H,7,9,11-12H2,1-5H3/b8-6+,14-10+. The van der Waals surface area contributed by atoms with E-state index in [1.807, 2.05) is 0 Å². The monoisotopic (exact) mass is 350 g/mol. The van der Waals surface area contributed by atoms with Crippen molar-refractivity contribution >= 4 is 22.6 Å². The molecule has 0 bridgehead atoms. The molecule has 100 valence electrons. The number of rotatable bonds is 8. The van der Waals surface area contributed by atoms with Gasteiger partial charge in [0.25, 0.3) is 0 Å². The molecular weight excluding hydrogens is 323 g/mol. The lowest BCUT2D eigenvalue weighted by atomic mass is 9.94. The highest BCUT2D eigenvalue weighted by molar-refractivity contribution is 14.1. The van der Waals surface area contributed by atoms with Crippen molar-refractivity contribution in [2.75, 3.05) is 11.5 Å². The maximum Gasteiger partial charge on any atom is 0.0622 e. The van der Waals surface area contributed by atoms with Crippen molar-refractivity contribution in [1.29, 1.82) is 0 Å². The van der Waals surface area contributed by atoms with Gasteiger partial charge in [-0.25, -0.2) is 0 Å². The maximum atomic E-state index is 5.43. The normalized spacial score (nSPS) is 15.5. The Morgan fingerprint density at radius 1 is 1.41 bits per heavy atom. The predicted octanol–water partition coefficient (Wildman–Crippen LogP) is 5.16. The summed E-state index contributed by atoms with van der Waals surface area (Å²) in [5.41, 5.74) is 1.39. The summed E-state index contributed by atoms with van der Waals surface area (Å²) >= 11 is 2.37. The highest BCUT2D eigenvalue weighted by Crippen LogP contribution is 2.21. The van der Waals surface area contributed by atoms with Crippen molar-refractivity contribution in [3.05, 3.63) is 23.8 Å². The van der Waals surface area contributed by atoms with Crippen molar-refractivity contribution in [3.63, 3.8) is 0 Å². The topological polar surface area (TPSA) is 9.23 Å². The molecule has 0 spiro atoms. The van der Waals surface area contributed by atoms with Gasteiger partial charge >= 0.3 is 0 Å². The van der Waals surface area contributed by atoms with Crippen LogP contribution in [-0.2, 0) is 4.74 Å². The minimum atomic E-state index is 0.0228. The molecule has 0 aromatic heterocycles. The highest BCUT2D eigenvalue weighted by Gasteiger charge is 2.16. The summed E-state index contributed by atoms with van der Waals surface area (Å²) in [6.45, 7) is 8.78. The van der Waals surface area contributed by atoms with Crippen LogP contribution in [0.15, 0.2) is 23.8 Å². The smallest absolute Gasteiger partial charge is 0.0622 e. The molecule has 0 saturated carbocycles. The number of ether oxygens (including phenoxy) is 1. The molecule has 0 aromatic rings. The highest BCUT2D eigenvalue weighted by atomic mass is 127. The Labute approximate surface area is 121 Å². The van der Waals surface area contributed by atoms with Crippen molar-refractivity contribution in [2.45, 2.75) is 52.6 Å². The van der Waals surface area contributed by atoms with Crippen molar-refractivity contribution in [3.8, 4) is 0 Å². The molecule has 1 atom stereocenters. The summed E-state index contributed by atoms with van der Waals surface area (Å²) in [5.74, 6) is 0.730. The van der Waals surface area contributed by atoms with Crippen molar-refractivity contribution in [1.82, 2.24) is 0 Å². The molecule has 0 rings (SSSR count). The number of alkyl halides is 1. The number of methoxy groups -OCH3 is 1. The zero-order chi connectivity index (χ0) is 13.3. The Bertz CT molecular complexity index is 254. The molecule has 0 aliphatic rings. The summed E-state index contributed by atoms with van der Waals surface area (Å²) in [7, 11) is 1.79. The largest absolute Gasteiger partial charge is 0.379 e. The summed E-state index contributed by atoms with van der Waals surface area (Å²) in [6, 6.07) is 0. The Balaban J connectivity index is 3.88. The molecule has 0 fully saturated rings. The van der Waals surface area contributed by atoms with E-state index in [0.29, 0.717) is 0 Å². The van der Waals surface area contributed by atoms with E-state index in [0.717, 1.165) is 23.2 Å². The lowest BCUT2D eigenvalue weighted by Gasteiger charge is -2.24. The van der Waals surface area contributed by atoms with E-state index in [4.69, 9.17) is 4.74 Å². The fourth-order valence-corrected chi connectivity index (χ4v) is 2.18. The van der Waals surface area contributed by atoms with Gasteiger partial charge in [-0.15, -0.1) is 0 Å². The van der Waals surface area contributed by atoms with Crippen LogP contribution in [0.4, 0.5) is 0 Å². The molecule has 0 aliphatic carbocycles. The van der Waals surface area contributed by atoms with Gasteiger partial charge in [-0.3, -0.25) is 0 Å². The molecule has 17 heavy (non-hydrogen) atoms. The minimum Gasteiger partial charge on any atom is -0.379 e. The third kappa shape index (κ3) is 9.83. The Hall–Kier alpha value is 0.170. The first-order chi connectivity index (χ1) is 7.91. The van der Waals surface area contributed by atoms with Gasteiger partial charge in [-0.05, 0) is 46.0 Å². The average molecular weight is 350 g/mol. The first-order valence-corrected chi connectivity index (χ1v) is 7.88. The van der Waals surface area contributed by atoms with E-state index in [1.54, 1.807) is 7.11 Å². The zero-order valence-corrected chi connectivity index (χ0v) is 14.1. The van der Waals surface area contributed by atoms with Crippen LogP contribution in [0, 0.1) is 5.92 Å². The fraction of sp³-hybridized carbons (Fsp3) is 0.733. The zero-order valence-electron chi connectivity index (χ0n) is 11.9. The summed E-state index contributed by atoms with van der Waals surface area (Å²) in [6.07, 6.45) is 10.3. The van der Waals surface area contributed by atoms with Gasteiger partial charge in [-0.2, -0.15) is 0 Å².